The maximum atomic E-state index is 11.7. The maximum absolute atomic E-state index is 11.7. The van der Waals surface area contributed by atoms with Crippen LogP contribution in [0.5, 0.6) is 11.5 Å². The molecule has 1 aromatic rings. The van der Waals surface area contributed by atoms with Crippen molar-refractivity contribution in [2.75, 3.05) is 20.8 Å². The van der Waals surface area contributed by atoms with E-state index in [1.165, 1.54) is 0 Å². The van der Waals surface area contributed by atoms with Gasteiger partial charge in [0.25, 0.3) is 0 Å². The van der Waals surface area contributed by atoms with Gasteiger partial charge >= 0.3 is 0 Å². The van der Waals surface area contributed by atoms with Gasteiger partial charge in [-0.2, -0.15) is 0 Å². The van der Waals surface area contributed by atoms with Crippen molar-refractivity contribution in [1.29, 1.82) is 0 Å². The Labute approximate surface area is 119 Å². The highest BCUT2D eigenvalue weighted by Crippen LogP contribution is 2.27. The number of hydrogen-bond acceptors (Lipinski definition) is 4. The molecule has 0 bridgehead atoms. The molecule has 0 amide bonds. The number of rotatable bonds is 6. The molecule has 4 nitrogen and oxygen atoms in total. The Morgan fingerprint density at radius 3 is 2.70 bits per heavy atom. The first-order chi connectivity index (χ1) is 9.74. The second-order valence-corrected chi connectivity index (χ2v) is 4.80. The molecule has 0 saturated heterocycles. The summed E-state index contributed by atoms with van der Waals surface area (Å²) in [4.78, 5) is 11.7. The van der Waals surface area contributed by atoms with Crippen LogP contribution in [0.4, 0.5) is 0 Å². The highest BCUT2D eigenvalue weighted by atomic mass is 16.5. The Morgan fingerprint density at radius 2 is 2.00 bits per heavy atom. The molecule has 0 aromatic heterocycles. The Balaban J connectivity index is 1.91. The van der Waals surface area contributed by atoms with Gasteiger partial charge in [-0.25, -0.2) is 0 Å². The van der Waals surface area contributed by atoms with E-state index in [9.17, 15) is 4.79 Å². The summed E-state index contributed by atoms with van der Waals surface area (Å²) in [5, 5.41) is 3.23. The van der Waals surface area contributed by atoms with Crippen LogP contribution < -0.4 is 14.8 Å². The molecule has 20 heavy (non-hydrogen) atoms. The molecule has 1 aliphatic carbocycles. The second kappa shape index (κ2) is 6.98. The Hall–Kier alpha value is -1.97. The summed E-state index contributed by atoms with van der Waals surface area (Å²) in [6.45, 7) is 0.743. The van der Waals surface area contributed by atoms with Gasteiger partial charge in [0.2, 0.25) is 0 Å². The number of benzene rings is 1. The fraction of sp³-hybridized carbons (Fsp3) is 0.438. The van der Waals surface area contributed by atoms with Crippen molar-refractivity contribution >= 4 is 5.78 Å². The number of Topliss-reactive ketones (excluding diaryl/α,β-unsaturated/α-hetero) is 1. The highest BCUT2D eigenvalue weighted by Gasteiger charge is 2.12. The summed E-state index contributed by atoms with van der Waals surface area (Å²) >= 11 is 0. The first-order valence-corrected chi connectivity index (χ1v) is 6.92. The normalized spacial score (nSPS) is 14.7. The van der Waals surface area contributed by atoms with Gasteiger partial charge in [0.1, 0.15) is 0 Å². The van der Waals surface area contributed by atoms with E-state index in [-0.39, 0.29) is 5.78 Å². The Morgan fingerprint density at radius 1 is 1.20 bits per heavy atom. The molecule has 0 aliphatic heterocycles. The molecule has 0 fully saturated rings. The van der Waals surface area contributed by atoms with Gasteiger partial charge < -0.3 is 14.8 Å². The number of hydrogen-bond donors (Lipinski definition) is 1. The van der Waals surface area contributed by atoms with Gasteiger partial charge in [-0.3, -0.25) is 4.79 Å². The van der Waals surface area contributed by atoms with Crippen molar-refractivity contribution in [3.05, 3.63) is 35.5 Å². The van der Waals surface area contributed by atoms with Crippen LogP contribution in [-0.4, -0.2) is 26.5 Å². The van der Waals surface area contributed by atoms with Crippen molar-refractivity contribution in [2.45, 2.75) is 25.7 Å². The van der Waals surface area contributed by atoms with Crippen molar-refractivity contribution in [3.8, 4) is 11.5 Å². The van der Waals surface area contributed by atoms with Gasteiger partial charge in [-0.15, -0.1) is 0 Å². The fourth-order valence-corrected chi connectivity index (χ4v) is 2.31. The first-order valence-electron chi connectivity index (χ1n) is 6.92. The zero-order valence-corrected chi connectivity index (χ0v) is 12.1. The van der Waals surface area contributed by atoms with Crippen LogP contribution in [0.1, 0.15) is 24.8 Å². The summed E-state index contributed by atoms with van der Waals surface area (Å²) in [7, 11) is 3.26. The van der Waals surface area contributed by atoms with Gasteiger partial charge in [0, 0.05) is 13.0 Å². The van der Waals surface area contributed by atoms with Crippen molar-refractivity contribution in [3.63, 3.8) is 0 Å². The van der Waals surface area contributed by atoms with E-state index in [0.717, 1.165) is 48.6 Å². The smallest absolute Gasteiger partial charge is 0.178 e. The Bertz CT molecular complexity index is 508. The standard InChI is InChI=1S/C16H21NO3/c1-19-15-8-7-12(11-16(15)20-2)9-10-17-13-5-3-4-6-14(13)18/h5,7-8,11,17H,3-4,6,9-10H2,1-2H3. The molecule has 0 saturated carbocycles. The lowest BCUT2D eigenvalue weighted by Gasteiger charge is -2.14. The third-order valence-electron chi connectivity index (χ3n) is 3.43. The van der Waals surface area contributed by atoms with Gasteiger partial charge in [0.15, 0.2) is 17.3 Å². The minimum Gasteiger partial charge on any atom is -0.493 e. The molecule has 1 aliphatic rings. The number of nitrogens with one attached hydrogen (secondary N) is 1. The summed E-state index contributed by atoms with van der Waals surface area (Å²) < 4.78 is 10.5. The molecule has 1 aromatic carbocycles. The van der Waals surface area contributed by atoms with E-state index in [1.54, 1.807) is 14.2 Å². The van der Waals surface area contributed by atoms with E-state index in [0.29, 0.717) is 6.42 Å². The summed E-state index contributed by atoms with van der Waals surface area (Å²) in [5.74, 6) is 1.69. The van der Waals surface area contributed by atoms with E-state index in [2.05, 4.69) is 5.32 Å². The summed E-state index contributed by atoms with van der Waals surface area (Å²) in [5.41, 5.74) is 1.93. The van der Waals surface area contributed by atoms with Crippen LogP contribution in [0.2, 0.25) is 0 Å². The third-order valence-corrected chi connectivity index (χ3v) is 3.43. The maximum Gasteiger partial charge on any atom is 0.178 e. The first kappa shape index (κ1) is 14.4. The van der Waals surface area contributed by atoms with Crippen LogP contribution in [-0.2, 0) is 11.2 Å². The molecule has 0 radical (unpaired) electrons. The van der Waals surface area contributed by atoms with Crippen molar-refractivity contribution in [2.24, 2.45) is 0 Å². The number of allylic oxidation sites excluding steroid dienone is 2. The van der Waals surface area contributed by atoms with Gasteiger partial charge in [0.05, 0.1) is 19.9 Å². The SMILES string of the molecule is COc1ccc(CCNC2=CCCCC2=O)cc1OC. The average Bonchev–Trinajstić information content (AvgIpc) is 2.49. The van der Waals surface area contributed by atoms with Crippen molar-refractivity contribution < 1.29 is 14.3 Å². The zero-order chi connectivity index (χ0) is 14.4. The topological polar surface area (TPSA) is 47.6 Å². The molecule has 0 heterocycles. The number of carbonyl (C=O) groups is 1. The lowest BCUT2D eigenvalue weighted by atomic mass is 10.0. The number of ether oxygens (including phenoxy) is 2. The van der Waals surface area contributed by atoms with Crippen LogP contribution in [0.15, 0.2) is 30.0 Å². The van der Waals surface area contributed by atoms with Crippen LogP contribution >= 0.6 is 0 Å². The van der Waals surface area contributed by atoms with E-state index >= 15 is 0 Å². The molecule has 0 atom stereocenters. The number of methoxy groups -OCH3 is 2. The molecule has 4 heteroatoms. The van der Waals surface area contributed by atoms with Gasteiger partial charge in [-0.1, -0.05) is 12.1 Å². The lowest BCUT2D eigenvalue weighted by molar-refractivity contribution is -0.116. The molecule has 0 spiro atoms. The molecule has 0 unspecified atom stereocenters. The van der Waals surface area contributed by atoms with E-state index in [1.807, 2.05) is 24.3 Å². The number of carbonyl (C=O) groups excluding carboxylic acids is 1. The largest absolute Gasteiger partial charge is 0.493 e. The average molecular weight is 275 g/mol. The lowest BCUT2D eigenvalue weighted by Crippen LogP contribution is -2.24. The highest BCUT2D eigenvalue weighted by molar-refractivity contribution is 5.95. The summed E-state index contributed by atoms with van der Waals surface area (Å²) in [6, 6.07) is 5.89. The van der Waals surface area contributed by atoms with E-state index < -0.39 is 0 Å². The molecular formula is C16H21NO3. The van der Waals surface area contributed by atoms with Crippen LogP contribution in [0, 0.1) is 0 Å². The molecular weight excluding hydrogens is 254 g/mol. The van der Waals surface area contributed by atoms with Crippen LogP contribution in [0.25, 0.3) is 0 Å². The minimum absolute atomic E-state index is 0.226. The van der Waals surface area contributed by atoms with Crippen LogP contribution in [0.3, 0.4) is 0 Å². The third kappa shape index (κ3) is 3.53. The quantitative estimate of drug-likeness (QED) is 0.866. The predicted octanol–water partition coefficient (Wildman–Crippen LogP) is 2.47. The monoisotopic (exact) mass is 275 g/mol. The number of ketones is 1. The van der Waals surface area contributed by atoms with E-state index in [4.69, 9.17) is 9.47 Å². The Kier molecular flexibility index (Phi) is 5.04. The zero-order valence-electron chi connectivity index (χ0n) is 12.1. The predicted molar refractivity (Wildman–Crippen MR) is 78.2 cm³/mol. The second-order valence-electron chi connectivity index (χ2n) is 4.80. The molecule has 2 rings (SSSR count). The van der Waals surface area contributed by atoms with Crippen molar-refractivity contribution in [1.82, 2.24) is 5.32 Å². The molecule has 108 valence electrons. The fourth-order valence-electron chi connectivity index (χ4n) is 2.31. The molecule has 1 N–H and O–H groups in total. The summed E-state index contributed by atoms with van der Waals surface area (Å²) in [6.07, 6.45) is 5.46. The minimum atomic E-state index is 0.226. The van der Waals surface area contributed by atoms with Gasteiger partial charge in [-0.05, 0) is 37.0 Å².